The molecule has 62 valence electrons. The molecular weight excluding hydrogens is 170 g/mol. The number of hydrogen-bond donors (Lipinski definition) is 1. The predicted octanol–water partition coefficient (Wildman–Crippen LogP) is 0.827. The third-order valence-corrected chi connectivity index (χ3v) is 3.22. The Balaban J connectivity index is 2.18. The highest BCUT2D eigenvalue weighted by atomic mass is 32.2. The van der Waals surface area contributed by atoms with Crippen LogP contribution in [0.5, 0.6) is 0 Å². The topological polar surface area (TPSA) is 37.8 Å². The van der Waals surface area contributed by atoms with E-state index in [1.54, 1.807) is 0 Å². The van der Waals surface area contributed by atoms with Crippen LogP contribution < -0.4 is 5.32 Å². The SMILES string of the molecule is C1NCc2nc3c(nc21)CSC3. The zero-order valence-electron chi connectivity index (χ0n) is 6.63. The molecule has 0 saturated heterocycles. The monoisotopic (exact) mass is 179 g/mol. The van der Waals surface area contributed by atoms with E-state index < -0.39 is 0 Å². The van der Waals surface area contributed by atoms with E-state index in [4.69, 9.17) is 0 Å². The Bertz CT molecular complexity index is 277. The molecule has 0 spiro atoms. The Labute approximate surface area is 75.0 Å². The maximum atomic E-state index is 4.59. The van der Waals surface area contributed by atoms with Crippen LogP contribution in [0.3, 0.4) is 0 Å². The number of nitrogens with one attached hydrogen (secondary N) is 1. The van der Waals surface area contributed by atoms with Gasteiger partial charge in [0.1, 0.15) is 0 Å². The minimum Gasteiger partial charge on any atom is -0.305 e. The summed E-state index contributed by atoms with van der Waals surface area (Å²) in [7, 11) is 0. The van der Waals surface area contributed by atoms with Gasteiger partial charge in [-0.1, -0.05) is 0 Å². The van der Waals surface area contributed by atoms with Crippen molar-refractivity contribution in [3.8, 4) is 0 Å². The van der Waals surface area contributed by atoms with Gasteiger partial charge in [-0.25, -0.2) is 0 Å². The maximum Gasteiger partial charge on any atom is 0.0774 e. The first-order valence-electron chi connectivity index (χ1n) is 4.09. The van der Waals surface area contributed by atoms with E-state index in [2.05, 4.69) is 15.3 Å². The normalized spacial score (nSPS) is 19.3. The molecule has 12 heavy (non-hydrogen) atoms. The van der Waals surface area contributed by atoms with Crippen molar-refractivity contribution in [1.29, 1.82) is 0 Å². The van der Waals surface area contributed by atoms with E-state index in [1.807, 2.05) is 11.8 Å². The number of nitrogens with zero attached hydrogens (tertiary/aromatic N) is 2. The van der Waals surface area contributed by atoms with E-state index in [0.717, 1.165) is 36.0 Å². The van der Waals surface area contributed by atoms with Gasteiger partial charge in [-0.3, -0.25) is 9.97 Å². The van der Waals surface area contributed by atoms with Crippen LogP contribution in [0.1, 0.15) is 22.8 Å². The lowest BCUT2D eigenvalue weighted by atomic mass is 10.3. The first-order valence-corrected chi connectivity index (χ1v) is 5.25. The summed E-state index contributed by atoms with van der Waals surface area (Å²) in [6, 6.07) is 0. The number of rotatable bonds is 0. The van der Waals surface area contributed by atoms with Crippen LogP contribution in [0.2, 0.25) is 0 Å². The molecule has 0 saturated carbocycles. The molecule has 0 aromatic carbocycles. The minimum absolute atomic E-state index is 0.903. The Morgan fingerprint density at radius 1 is 0.917 bits per heavy atom. The summed E-state index contributed by atoms with van der Waals surface area (Å²) in [5.41, 5.74) is 4.75. The molecule has 0 unspecified atom stereocenters. The molecule has 0 aliphatic carbocycles. The van der Waals surface area contributed by atoms with Crippen LogP contribution in [-0.2, 0) is 24.6 Å². The lowest BCUT2D eigenvalue weighted by molar-refractivity contribution is 0.752. The molecule has 0 atom stereocenters. The molecule has 3 heterocycles. The second-order valence-electron chi connectivity index (χ2n) is 3.11. The van der Waals surface area contributed by atoms with Gasteiger partial charge in [0.05, 0.1) is 22.8 Å². The molecule has 3 nitrogen and oxygen atoms in total. The molecule has 0 fully saturated rings. The van der Waals surface area contributed by atoms with Crippen LogP contribution in [0, 0.1) is 0 Å². The molecule has 2 aliphatic rings. The van der Waals surface area contributed by atoms with Crippen LogP contribution in [0.4, 0.5) is 0 Å². The average Bonchev–Trinajstić information content (AvgIpc) is 2.64. The van der Waals surface area contributed by atoms with E-state index >= 15 is 0 Å². The van der Waals surface area contributed by atoms with Crippen LogP contribution >= 0.6 is 11.8 Å². The lowest BCUT2D eigenvalue weighted by Crippen LogP contribution is -2.00. The van der Waals surface area contributed by atoms with Gasteiger partial charge in [0.15, 0.2) is 0 Å². The summed E-state index contributed by atoms with van der Waals surface area (Å²) in [4.78, 5) is 9.18. The highest BCUT2D eigenvalue weighted by Gasteiger charge is 2.20. The Hall–Kier alpha value is -0.610. The van der Waals surface area contributed by atoms with Gasteiger partial charge < -0.3 is 5.32 Å². The van der Waals surface area contributed by atoms with Crippen molar-refractivity contribution in [2.75, 3.05) is 0 Å². The fourth-order valence-electron chi connectivity index (χ4n) is 1.64. The molecule has 4 heteroatoms. The van der Waals surface area contributed by atoms with Crippen molar-refractivity contribution >= 4 is 11.8 Å². The van der Waals surface area contributed by atoms with Crippen LogP contribution in [0.25, 0.3) is 0 Å². The van der Waals surface area contributed by atoms with Crippen molar-refractivity contribution in [3.63, 3.8) is 0 Å². The van der Waals surface area contributed by atoms with Gasteiger partial charge >= 0.3 is 0 Å². The Morgan fingerprint density at radius 3 is 2.08 bits per heavy atom. The van der Waals surface area contributed by atoms with Gasteiger partial charge in [0.25, 0.3) is 0 Å². The van der Waals surface area contributed by atoms with Crippen LogP contribution in [0.15, 0.2) is 0 Å². The predicted molar refractivity (Wildman–Crippen MR) is 47.6 cm³/mol. The van der Waals surface area contributed by atoms with Crippen molar-refractivity contribution in [2.45, 2.75) is 24.6 Å². The van der Waals surface area contributed by atoms with Crippen LogP contribution in [-0.4, -0.2) is 9.97 Å². The molecule has 1 N–H and O–H groups in total. The molecule has 3 rings (SSSR count). The quantitative estimate of drug-likeness (QED) is 0.640. The minimum atomic E-state index is 0.903. The summed E-state index contributed by atoms with van der Waals surface area (Å²) < 4.78 is 0. The van der Waals surface area contributed by atoms with Gasteiger partial charge in [-0.05, 0) is 0 Å². The Kier molecular flexibility index (Phi) is 1.39. The first kappa shape index (κ1) is 6.86. The second-order valence-corrected chi connectivity index (χ2v) is 4.09. The van der Waals surface area contributed by atoms with Crippen molar-refractivity contribution < 1.29 is 0 Å². The summed E-state index contributed by atoms with van der Waals surface area (Å²) >= 11 is 1.91. The van der Waals surface area contributed by atoms with E-state index in [9.17, 15) is 0 Å². The lowest BCUT2D eigenvalue weighted by Gasteiger charge is -2.00. The van der Waals surface area contributed by atoms with E-state index in [1.165, 1.54) is 11.4 Å². The number of aromatic nitrogens is 2. The number of hydrogen-bond acceptors (Lipinski definition) is 4. The highest BCUT2D eigenvalue weighted by molar-refractivity contribution is 7.98. The number of fused-ring (bicyclic) bond motifs is 2. The summed E-state index contributed by atoms with van der Waals surface area (Å²) in [5.74, 6) is 2.10. The van der Waals surface area contributed by atoms with E-state index in [-0.39, 0.29) is 0 Å². The third-order valence-electron chi connectivity index (χ3n) is 2.27. The fraction of sp³-hybridized carbons (Fsp3) is 0.500. The zero-order chi connectivity index (χ0) is 7.97. The van der Waals surface area contributed by atoms with Gasteiger partial charge in [0, 0.05) is 24.6 Å². The molecule has 1 aromatic rings. The van der Waals surface area contributed by atoms with Gasteiger partial charge in [0.2, 0.25) is 0 Å². The summed E-state index contributed by atoms with van der Waals surface area (Å²) in [5, 5.41) is 3.26. The Morgan fingerprint density at radius 2 is 1.50 bits per heavy atom. The molecule has 0 amide bonds. The molecular formula is C8H9N3S. The molecule has 1 aromatic heterocycles. The van der Waals surface area contributed by atoms with E-state index in [0.29, 0.717) is 0 Å². The second kappa shape index (κ2) is 2.44. The van der Waals surface area contributed by atoms with Gasteiger partial charge in [-0.15, -0.1) is 11.8 Å². The summed E-state index contributed by atoms with van der Waals surface area (Å²) in [6.07, 6.45) is 0. The van der Waals surface area contributed by atoms with Gasteiger partial charge in [-0.2, -0.15) is 0 Å². The first-order chi connectivity index (χ1) is 5.93. The molecule has 0 bridgehead atoms. The summed E-state index contributed by atoms with van der Waals surface area (Å²) in [6.45, 7) is 1.81. The van der Waals surface area contributed by atoms with Crippen molar-refractivity contribution in [1.82, 2.24) is 15.3 Å². The number of thioether (sulfide) groups is 1. The molecule has 2 aliphatic heterocycles. The maximum absolute atomic E-state index is 4.59. The van der Waals surface area contributed by atoms with Crippen molar-refractivity contribution in [3.05, 3.63) is 22.8 Å². The zero-order valence-corrected chi connectivity index (χ0v) is 7.45. The highest BCUT2D eigenvalue weighted by Crippen LogP contribution is 2.28. The third kappa shape index (κ3) is 0.881. The van der Waals surface area contributed by atoms with Crippen molar-refractivity contribution in [2.24, 2.45) is 0 Å². The molecule has 0 radical (unpaired) electrons. The standard InChI is InChI=1S/C8H9N3S/c1-5-6(2-9-1)11-8-4-12-3-7(8)10-5/h9H,1-4H2. The fourth-order valence-corrected chi connectivity index (χ4v) is 2.59. The smallest absolute Gasteiger partial charge is 0.0774 e. The largest absolute Gasteiger partial charge is 0.305 e. The average molecular weight is 179 g/mol.